The average Bonchev–Trinajstić information content (AvgIpc) is 2.67. The molecule has 2 aromatic rings. The summed E-state index contributed by atoms with van der Waals surface area (Å²) in [7, 11) is 0. The molecular formula is C13H16N2OS. The molecule has 0 bridgehead atoms. The molecule has 0 aliphatic rings. The highest BCUT2D eigenvalue weighted by Crippen LogP contribution is 2.19. The highest BCUT2D eigenvalue weighted by Gasteiger charge is 2.08. The Morgan fingerprint density at radius 2 is 2.18 bits per heavy atom. The van der Waals surface area contributed by atoms with Gasteiger partial charge in [0.15, 0.2) is 0 Å². The molecule has 90 valence electrons. The molecule has 0 saturated carbocycles. The fourth-order valence-corrected chi connectivity index (χ4v) is 2.72. The van der Waals surface area contributed by atoms with E-state index in [1.807, 2.05) is 43.9 Å². The number of rotatable bonds is 5. The van der Waals surface area contributed by atoms with Gasteiger partial charge in [-0.15, -0.1) is 0 Å². The van der Waals surface area contributed by atoms with Crippen LogP contribution in [0.4, 0.5) is 0 Å². The van der Waals surface area contributed by atoms with Crippen LogP contribution in [0.2, 0.25) is 0 Å². The van der Waals surface area contributed by atoms with Gasteiger partial charge in [0.25, 0.3) is 0 Å². The van der Waals surface area contributed by atoms with Crippen molar-refractivity contribution in [2.24, 2.45) is 0 Å². The highest BCUT2D eigenvalue weighted by molar-refractivity contribution is 7.98. The summed E-state index contributed by atoms with van der Waals surface area (Å²) in [4.78, 5) is 4.30. The molecule has 0 unspecified atom stereocenters. The van der Waals surface area contributed by atoms with Gasteiger partial charge < -0.3 is 4.52 Å². The minimum atomic E-state index is 0.938. The minimum absolute atomic E-state index is 0.938. The quantitative estimate of drug-likeness (QED) is 0.762. The third-order valence-electron chi connectivity index (χ3n) is 2.66. The van der Waals surface area contributed by atoms with Crippen LogP contribution in [0.1, 0.15) is 22.7 Å². The molecule has 2 aromatic heterocycles. The van der Waals surface area contributed by atoms with Crippen molar-refractivity contribution in [1.29, 1.82) is 0 Å². The molecule has 0 fully saturated rings. The Morgan fingerprint density at radius 3 is 2.82 bits per heavy atom. The Morgan fingerprint density at radius 1 is 1.29 bits per heavy atom. The first-order chi connectivity index (χ1) is 8.27. The van der Waals surface area contributed by atoms with Crippen molar-refractivity contribution in [2.75, 3.05) is 5.75 Å². The Bertz CT molecular complexity index is 448. The molecule has 4 heteroatoms. The van der Waals surface area contributed by atoms with Gasteiger partial charge >= 0.3 is 0 Å². The lowest BCUT2D eigenvalue weighted by Gasteiger charge is -2.01. The van der Waals surface area contributed by atoms with Crippen LogP contribution in [0.5, 0.6) is 0 Å². The molecule has 0 saturated heterocycles. The largest absolute Gasteiger partial charge is 0.361 e. The zero-order valence-corrected chi connectivity index (χ0v) is 11.0. The lowest BCUT2D eigenvalue weighted by molar-refractivity contribution is 0.392. The van der Waals surface area contributed by atoms with Gasteiger partial charge in [-0.05, 0) is 38.2 Å². The topological polar surface area (TPSA) is 38.9 Å². The van der Waals surface area contributed by atoms with Crippen LogP contribution in [0, 0.1) is 13.8 Å². The number of pyridine rings is 1. The van der Waals surface area contributed by atoms with Gasteiger partial charge in [0.1, 0.15) is 5.76 Å². The predicted molar refractivity (Wildman–Crippen MR) is 70.1 cm³/mol. The highest BCUT2D eigenvalue weighted by atomic mass is 32.2. The molecular weight excluding hydrogens is 232 g/mol. The predicted octanol–water partition coefficient (Wildman–Crippen LogP) is 3.16. The molecule has 17 heavy (non-hydrogen) atoms. The molecule has 0 N–H and O–H groups in total. The maximum atomic E-state index is 5.13. The van der Waals surface area contributed by atoms with Crippen LogP contribution in [0.25, 0.3) is 0 Å². The normalized spacial score (nSPS) is 10.7. The lowest BCUT2D eigenvalue weighted by atomic mass is 10.2. The number of nitrogens with zero attached hydrogens (tertiary/aromatic N) is 2. The van der Waals surface area contributed by atoms with Crippen LogP contribution in [0.15, 0.2) is 28.9 Å². The molecule has 3 nitrogen and oxygen atoms in total. The molecule has 0 aromatic carbocycles. The first-order valence-corrected chi connectivity index (χ1v) is 6.82. The van der Waals surface area contributed by atoms with Gasteiger partial charge in [0.05, 0.1) is 5.69 Å². The lowest BCUT2D eigenvalue weighted by Crippen LogP contribution is -1.93. The van der Waals surface area contributed by atoms with Gasteiger partial charge in [0, 0.05) is 23.2 Å². The fourth-order valence-electron chi connectivity index (χ4n) is 1.60. The average molecular weight is 248 g/mol. The SMILES string of the molecule is Cc1noc(C)c1CSCCc1ccccn1. The third-order valence-corrected chi connectivity index (χ3v) is 3.64. The monoisotopic (exact) mass is 248 g/mol. The Kier molecular flexibility index (Phi) is 4.20. The van der Waals surface area contributed by atoms with Gasteiger partial charge in [-0.25, -0.2) is 0 Å². The van der Waals surface area contributed by atoms with Crippen molar-refractivity contribution >= 4 is 11.8 Å². The van der Waals surface area contributed by atoms with Crippen molar-refractivity contribution < 1.29 is 4.52 Å². The zero-order valence-electron chi connectivity index (χ0n) is 10.1. The van der Waals surface area contributed by atoms with E-state index in [-0.39, 0.29) is 0 Å². The summed E-state index contributed by atoms with van der Waals surface area (Å²) in [5.41, 5.74) is 3.39. The van der Waals surface area contributed by atoms with Gasteiger partial charge in [-0.1, -0.05) is 11.2 Å². The first-order valence-electron chi connectivity index (χ1n) is 5.67. The third kappa shape index (κ3) is 3.33. The van der Waals surface area contributed by atoms with E-state index in [9.17, 15) is 0 Å². The number of aromatic nitrogens is 2. The van der Waals surface area contributed by atoms with E-state index in [0.29, 0.717) is 0 Å². The zero-order chi connectivity index (χ0) is 12.1. The van der Waals surface area contributed by atoms with Crippen LogP contribution in [-0.2, 0) is 12.2 Å². The van der Waals surface area contributed by atoms with Gasteiger partial charge in [-0.2, -0.15) is 11.8 Å². The van der Waals surface area contributed by atoms with E-state index >= 15 is 0 Å². The molecule has 0 radical (unpaired) electrons. The summed E-state index contributed by atoms with van der Waals surface area (Å²) in [5, 5.41) is 3.95. The van der Waals surface area contributed by atoms with Crippen LogP contribution < -0.4 is 0 Å². The van der Waals surface area contributed by atoms with Crippen LogP contribution in [-0.4, -0.2) is 15.9 Å². The van der Waals surface area contributed by atoms with Gasteiger partial charge in [-0.3, -0.25) is 4.98 Å². The summed E-state index contributed by atoms with van der Waals surface area (Å²) in [6, 6.07) is 6.04. The van der Waals surface area contributed by atoms with E-state index in [4.69, 9.17) is 4.52 Å². The number of aryl methyl sites for hydroxylation is 3. The Balaban J connectivity index is 1.77. The number of hydrogen-bond donors (Lipinski definition) is 0. The van der Waals surface area contributed by atoms with Crippen LogP contribution in [0.3, 0.4) is 0 Å². The minimum Gasteiger partial charge on any atom is -0.361 e. The molecule has 0 aliphatic carbocycles. The molecule has 0 spiro atoms. The van der Waals surface area contributed by atoms with E-state index in [1.54, 1.807) is 0 Å². The first kappa shape index (κ1) is 12.2. The number of thioether (sulfide) groups is 1. The second-order valence-corrected chi connectivity index (χ2v) is 5.03. The van der Waals surface area contributed by atoms with Gasteiger partial charge in [0.2, 0.25) is 0 Å². The van der Waals surface area contributed by atoms with Crippen molar-refractivity contribution in [3.63, 3.8) is 0 Å². The summed E-state index contributed by atoms with van der Waals surface area (Å²) < 4.78 is 5.13. The standard InChI is InChI=1S/C13H16N2OS/c1-10-13(11(2)16-15-10)9-17-8-6-12-5-3-4-7-14-12/h3-5,7H,6,8-9H2,1-2H3. The van der Waals surface area contributed by atoms with Crippen molar-refractivity contribution in [1.82, 2.24) is 10.1 Å². The summed E-state index contributed by atoms with van der Waals surface area (Å²) in [5.74, 6) is 2.97. The van der Waals surface area contributed by atoms with Crippen molar-refractivity contribution in [3.8, 4) is 0 Å². The van der Waals surface area contributed by atoms with Crippen molar-refractivity contribution in [3.05, 3.63) is 47.1 Å². The van der Waals surface area contributed by atoms with Crippen LogP contribution >= 0.6 is 11.8 Å². The number of hydrogen-bond acceptors (Lipinski definition) is 4. The molecule has 0 amide bonds. The second kappa shape index (κ2) is 5.87. The summed E-state index contributed by atoms with van der Waals surface area (Å²) in [6.45, 7) is 3.96. The molecule has 2 heterocycles. The van der Waals surface area contributed by atoms with Crippen molar-refractivity contribution in [2.45, 2.75) is 26.0 Å². The van der Waals surface area contributed by atoms with E-state index < -0.39 is 0 Å². The van der Waals surface area contributed by atoms with E-state index in [2.05, 4.69) is 16.2 Å². The molecule has 2 rings (SSSR count). The summed E-state index contributed by atoms with van der Waals surface area (Å²) >= 11 is 1.89. The summed E-state index contributed by atoms with van der Waals surface area (Å²) in [6.07, 6.45) is 2.85. The smallest absolute Gasteiger partial charge is 0.137 e. The molecule has 0 atom stereocenters. The maximum Gasteiger partial charge on any atom is 0.137 e. The van der Waals surface area contributed by atoms with E-state index in [0.717, 1.165) is 35.1 Å². The fraction of sp³-hybridized carbons (Fsp3) is 0.385. The maximum absolute atomic E-state index is 5.13. The van der Waals surface area contributed by atoms with E-state index in [1.165, 1.54) is 5.56 Å². The second-order valence-electron chi connectivity index (χ2n) is 3.93. The Hall–Kier alpha value is -1.29. The molecule has 0 aliphatic heterocycles. The Labute approximate surface area is 106 Å².